The average Bonchev–Trinajstić information content (AvgIpc) is 3.23. The van der Waals surface area contributed by atoms with Crippen molar-refractivity contribution in [3.8, 4) is 0 Å². The summed E-state index contributed by atoms with van der Waals surface area (Å²) in [7, 11) is 0. The van der Waals surface area contributed by atoms with E-state index in [-0.39, 0.29) is 52.6 Å². The molecule has 0 unspecified atom stereocenters. The number of nitrogens with one attached hydrogen (secondary N) is 3. The Morgan fingerprint density at radius 3 is 2.43 bits per heavy atom. The van der Waals surface area contributed by atoms with Crippen LogP contribution < -0.4 is 21.9 Å². The topological polar surface area (TPSA) is 126 Å². The largest absolute Gasteiger partial charge is 0.384 e. The summed E-state index contributed by atoms with van der Waals surface area (Å²) in [5, 5.41) is 14.0. The zero-order valence-corrected chi connectivity index (χ0v) is 21.8. The first kappa shape index (κ1) is 26.7. The Kier molecular flexibility index (Phi) is 8.19. The summed E-state index contributed by atoms with van der Waals surface area (Å²) < 4.78 is 1.55. The Hall–Kier alpha value is -3.36. The minimum Gasteiger partial charge on any atom is -0.384 e. The highest BCUT2D eigenvalue weighted by atomic mass is 35.5. The number of amidine groups is 1. The summed E-state index contributed by atoms with van der Waals surface area (Å²) in [6, 6.07) is 16.7. The number of hydrogen-bond donors (Lipinski definition) is 4. The molecule has 1 amide bonds. The van der Waals surface area contributed by atoms with E-state index in [4.69, 9.17) is 22.7 Å². The van der Waals surface area contributed by atoms with Crippen molar-refractivity contribution < 1.29 is 4.79 Å². The van der Waals surface area contributed by atoms with Gasteiger partial charge in [0.25, 0.3) is 5.56 Å². The minimum atomic E-state index is -0.680. The smallest absolute Gasteiger partial charge is 0.294 e. The van der Waals surface area contributed by atoms with Gasteiger partial charge in [-0.3, -0.25) is 19.6 Å². The number of benzene rings is 2. The van der Waals surface area contributed by atoms with Crippen LogP contribution in [0.2, 0.25) is 5.15 Å². The molecular weight excluding hydrogens is 511 g/mol. The Bertz CT molecular complexity index is 1340. The van der Waals surface area contributed by atoms with Gasteiger partial charge in [-0.1, -0.05) is 66.2 Å². The second-order valence-corrected chi connectivity index (χ2v) is 9.91. The maximum Gasteiger partial charge on any atom is 0.294 e. The maximum atomic E-state index is 13.5. The number of nitrogens with two attached hydrogens (primary N) is 1. The van der Waals surface area contributed by atoms with Crippen LogP contribution >= 0.6 is 24.0 Å². The molecule has 3 aromatic rings. The number of carbonyl (C=O) groups excluding carboxylic acids is 1. The summed E-state index contributed by atoms with van der Waals surface area (Å²) in [5.74, 6) is -0.134. The minimum absolute atomic E-state index is 0. The van der Waals surface area contributed by atoms with Gasteiger partial charge >= 0.3 is 0 Å². The molecule has 194 valence electrons. The van der Waals surface area contributed by atoms with Crippen LogP contribution in [0.4, 0.5) is 5.82 Å². The van der Waals surface area contributed by atoms with E-state index in [1.54, 1.807) is 16.7 Å². The van der Waals surface area contributed by atoms with Gasteiger partial charge in [0, 0.05) is 24.1 Å². The molecule has 0 radical (unpaired) electrons. The molecule has 8 nitrogen and oxygen atoms in total. The van der Waals surface area contributed by atoms with Gasteiger partial charge in [-0.2, -0.15) is 0 Å². The standard InChI is InChI=1S/C27H29ClN6O2.ClH/c28-23-22-19(13-16-5-2-1-3-6-16)14-21(34(22)27(36)25(33-23)32-20-7-4-8-20)26(35)31-15-17-9-11-18(12-10-17)24(29)30;/h1-3,5-6,9-12,19-21H,4,7-8,13-15H2,(H3,29,30)(H,31,35)(H,32,33);1H/t19-,21-;/m0./s1. The molecule has 2 aliphatic rings. The van der Waals surface area contributed by atoms with Crippen LogP contribution in [0.5, 0.6) is 0 Å². The SMILES string of the molecule is Cl.N=C(N)c1ccc(CNC(=O)[C@@H]2C[C@H](Cc3ccccc3)c3c(Cl)nc(NC4CCC4)c(=O)n32)cc1. The van der Waals surface area contributed by atoms with E-state index in [0.29, 0.717) is 30.6 Å². The van der Waals surface area contributed by atoms with Crippen LogP contribution in [0.1, 0.15) is 60.0 Å². The van der Waals surface area contributed by atoms with Gasteiger partial charge in [-0.25, -0.2) is 4.98 Å². The first-order chi connectivity index (χ1) is 17.4. The van der Waals surface area contributed by atoms with Crippen molar-refractivity contribution in [1.82, 2.24) is 14.9 Å². The fraction of sp³-hybridized carbons (Fsp3) is 0.333. The highest BCUT2D eigenvalue weighted by Crippen LogP contribution is 2.40. The molecule has 5 rings (SSSR count). The van der Waals surface area contributed by atoms with Crippen LogP contribution in [-0.2, 0) is 17.8 Å². The summed E-state index contributed by atoms with van der Waals surface area (Å²) in [6.07, 6.45) is 4.23. The van der Waals surface area contributed by atoms with Crippen LogP contribution in [0.3, 0.4) is 0 Å². The van der Waals surface area contributed by atoms with E-state index in [2.05, 4.69) is 15.6 Å². The van der Waals surface area contributed by atoms with Gasteiger partial charge in [0.15, 0.2) is 11.0 Å². The molecule has 0 saturated heterocycles. The van der Waals surface area contributed by atoms with Crippen molar-refractivity contribution >= 4 is 41.6 Å². The van der Waals surface area contributed by atoms with Gasteiger partial charge in [0.2, 0.25) is 5.91 Å². The lowest BCUT2D eigenvalue weighted by Crippen LogP contribution is -2.38. The summed E-state index contributed by atoms with van der Waals surface area (Å²) in [6.45, 7) is 0.299. The van der Waals surface area contributed by atoms with E-state index < -0.39 is 6.04 Å². The van der Waals surface area contributed by atoms with E-state index >= 15 is 0 Å². The number of halogens is 2. The van der Waals surface area contributed by atoms with Gasteiger partial charge < -0.3 is 16.4 Å². The lowest BCUT2D eigenvalue weighted by molar-refractivity contribution is -0.124. The third-order valence-corrected chi connectivity index (χ3v) is 7.39. The number of aromatic nitrogens is 2. The molecule has 1 saturated carbocycles. The number of nitrogens with zero attached hydrogens (tertiary/aromatic N) is 2. The fourth-order valence-corrected chi connectivity index (χ4v) is 5.27. The highest BCUT2D eigenvalue weighted by molar-refractivity contribution is 6.30. The van der Waals surface area contributed by atoms with Crippen LogP contribution in [-0.4, -0.2) is 27.3 Å². The zero-order valence-electron chi connectivity index (χ0n) is 20.2. The van der Waals surface area contributed by atoms with Crippen LogP contribution in [0.25, 0.3) is 0 Å². The first-order valence-electron chi connectivity index (χ1n) is 12.2. The number of hydrogen-bond acceptors (Lipinski definition) is 5. The number of anilines is 1. The Balaban J connectivity index is 0.00000320. The number of amides is 1. The zero-order chi connectivity index (χ0) is 25.2. The molecule has 0 spiro atoms. The molecule has 1 fully saturated rings. The highest BCUT2D eigenvalue weighted by Gasteiger charge is 2.39. The van der Waals surface area contributed by atoms with Crippen molar-refractivity contribution in [3.63, 3.8) is 0 Å². The number of fused-ring (bicyclic) bond motifs is 1. The van der Waals surface area contributed by atoms with E-state index in [1.807, 2.05) is 42.5 Å². The summed E-state index contributed by atoms with van der Waals surface area (Å²) >= 11 is 6.67. The maximum absolute atomic E-state index is 13.5. The van der Waals surface area contributed by atoms with Crippen LogP contribution in [0.15, 0.2) is 59.4 Å². The average molecular weight is 541 g/mol. The monoisotopic (exact) mass is 540 g/mol. The molecule has 1 aliphatic heterocycles. The van der Waals surface area contributed by atoms with Gasteiger partial charge in [0.1, 0.15) is 11.9 Å². The Morgan fingerprint density at radius 2 is 1.81 bits per heavy atom. The number of nitrogen functional groups attached to an aromatic ring is 1. The van der Waals surface area contributed by atoms with Gasteiger partial charge in [-0.05, 0) is 43.2 Å². The molecule has 2 atom stereocenters. The number of rotatable bonds is 8. The molecular formula is C27H30Cl2N6O2. The second kappa shape index (κ2) is 11.4. The van der Waals surface area contributed by atoms with E-state index in [9.17, 15) is 9.59 Å². The molecule has 10 heteroatoms. The first-order valence-corrected chi connectivity index (χ1v) is 12.6. The molecule has 2 heterocycles. The fourth-order valence-electron chi connectivity index (χ4n) is 4.94. The predicted octanol–water partition coefficient (Wildman–Crippen LogP) is 4.15. The normalized spacial score (nSPS) is 18.3. The van der Waals surface area contributed by atoms with E-state index in [0.717, 1.165) is 30.4 Å². The Labute approximate surface area is 226 Å². The third-order valence-electron chi connectivity index (χ3n) is 7.11. The quantitative estimate of drug-likeness (QED) is 0.252. The van der Waals surface area contributed by atoms with Crippen molar-refractivity contribution in [1.29, 1.82) is 5.41 Å². The van der Waals surface area contributed by atoms with Gasteiger partial charge in [-0.15, -0.1) is 12.4 Å². The number of carbonyl (C=O) groups is 1. The van der Waals surface area contributed by atoms with Gasteiger partial charge in [0.05, 0.1) is 5.69 Å². The second-order valence-electron chi connectivity index (χ2n) is 9.55. The van der Waals surface area contributed by atoms with Crippen LogP contribution in [0, 0.1) is 5.41 Å². The molecule has 1 aliphatic carbocycles. The van der Waals surface area contributed by atoms with Crippen molar-refractivity contribution in [2.45, 2.75) is 56.7 Å². The van der Waals surface area contributed by atoms with Crippen molar-refractivity contribution in [3.05, 3.63) is 92.5 Å². The molecule has 37 heavy (non-hydrogen) atoms. The van der Waals surface area contributed by atoms with E-state index in [1.165, 1.54) is 0 Å². The predicted molar refractivity (Wildman–Crippen MR) is 148 cm³/mol. The molecule has 1 aromatic heterocycles. The summed E-state index contributed by atoms with van der Waals surface area (Å²) in [4.78, 5) is 31.4. The lowest BCUT2D eigenvalue weighted by Gasteiger charge is -2.27. The lowest BCUT2D eigenvalue weighted by atomic mass is 9.93. The van der Waals surface area contributed by atoms with Crippen molar-refractivity contribution in [2.24, 2.45) is 5.73 Å². The molecule has 0 bridgehead atoms. The summed E-state index contributed by atoms with van der Waals surface area (Å²) in [5.41, 5.74) is 8.45. The Morgan fingerprint density at radius 1 is 1.11 bits per heavy atom. The molecule has 5 N–H and O–H groups in total. The molecule has 2 aromatic carbocycles. The third kappa shape index (κ3) is 5.65. The van der Waals surface area contributed by atoms with Crippen molar-refractivity contribution in [2.75, 3.05) is 5.32 Å².